The van der Waals surface area contributed by atoms with Crippen molar-refractivity contribution in [3.8, 4) is 11.5 Å². The number of amides is 1. The summed E-state index contributed by atoms with van der Waals surface area (Å²) in [4.78, 5) is 28.1. The summed E-state index contributed by atoms with van der Waals surface area (Å²) in [6.07, 6.45) is 0. The highest BCUT2D eigenvalue weighted by atomic mass is 16.5. The Labute approximate surface area is 157 Å². The fourth-order valence-electron chi connectivity index (χ4n) is 3.41. The molecule has 1 amide bonds. The second-order valence-corrected chi connectivity index (χ2v) is 6.17. The fourth-order valence-corrected chi connectivity index (χ4v) is 3.41. The van der Waals surface area contributed by atoms with Crippen LogP contribution >= 0.6 is 0 Å². The van der Waals surface area contributed by atoms with Gasteiger partial charge in [0.05, 0.1) is 20.8 Å². The topological polar surface area (TPSA) is 79.3 Å². The monoisotopic (exact) mass is 370 g/mol. The molecule has 7 nitrogen and oxygen atoms in total. The second-order valence-electron chi connectivity index (χ2n) is 6.17. The van der Waals surface area contributed by atoms with E-state index in [2.05, 4.69) is 0 Å². The first-order valence-electron chi connectivity index (χ1n) is 8.60. The minimum absolute atomic E-state index is 0.00618. The van der Waals surface area contributed by atoms with Gasteiger partial charge in [0.2, 0.25) is 5.91 Å². The van der Waals surface area contributed by atoms with E-state index < -0.39 is 12.0 Å². The normalized spacial score (nSPS) is 16.1. The lowest BCUT2D eigenvalue weighted by Gasteiger charge is -2.37. The Morgan fingerprint density at radius 3 is 2.37 bits per heavy atom. The second kappa shape index (κ2) is 8.09. The molecule has 27 heavy (non-hydrogen) atoms. The van der Waals surface area contributed by atoms with Gasteiger partial charge in [-0.2, -0.15) is 0 Å². The van der Waals surface area contributed by atoms with Crippen LogP contribution in [0.25, 0.3) is 0 Å². The molecule has 1 atom stereocenters. The van der Waals surface area contributed by atoms with E-state index in [9.17, 15) is 14.7 Å². The van der Waals surface area contributed by atoms with Gasteiger partial charge in [-0.15, -0.1) is 0 Å². The van der Waals surface area contributed by atoms with Gasteiger partial charge in [0, 0.05) is 24.3 Å². The number of anilines is 1. The van der Waals surface area contributed by atoms with E-state index in [1.54, 1.807) is 28.0 Å². The first kappa shape index (κ1) is 18.7. The Balaban J connectivity index is 1.88. The minimum Gasteiger partial charge on any atom is -0.493 e. The SMILES string of the molecule is COc1cccc(C(C(=O)O)N2CCN(c3ccccc3)C(=O)C2)c1OC. The molecular weight excluding hydrogens is 348 g/mol. The van der Waals surface area contributed by atoms with Gasteiger partial charge in [-0.3, -0.25) is 14.5 Å². The Hall–Kier alpha value is -3.06. The third-order valence-corrected chi connectivity index (χ3v) is 4.65. The van der Waals surface area contributed by atoms with Crippen molar-refractivity contribution in [1.29, 1.82) is 0 Å². The van der Waals surface area contributed by atoms with Crippen molar-refractivity contribution in [2.75, 3.05) is 38.8 Å². The third kappa shape index (κ3) is 3.73. The predicted octanol–water partition coefficient (Wildman–Crippen LogP) is 2.18. The van der Waals surface area contributed by atoms with E-state index in [0.717, 1.165) is 5.69 Å². The van der Waals surface area contributed by atoms with Crippen LogP contribution in [0, 0.1) is 0 Å². The lowest BCUT2D eigenvalue weighted by molar-refractivity contribution is -0.144. The van der Waals surface area contributed by atoms with E-state index >= 15 is 0 Å². The van der Waals surface area contributed by atoms with Crippen LogP contribution in [0.5, 0.6) is 11.5 Å². The summed E-state index contributed by atoms with van der Waals surface area (Å²) in [5, 5.41) is 9.87. The molecule has 2 aromatic carbocycles. The Morgan fingerprint density at radius 2 is 1.78 bits per heavy atom. The summed E-state index contributed by atoms with van der Waals surface area (Å²) in [6.45, 7) is 0.850. The van der Waals surface area contributed by atoms with Crippen molar-refractivity contribution < 1.29 is 24.2 Å². The quantitative estimate of drug-likeness (QED) is 0.840. The number of piperazine rings is 1. The number of nitrogens with zero attached hydrogens (tertiary/aromatic N) is 2. The molecule has 1 N–H and O–H groups in total. The summed E-state index contributed by atoms with van der Waals surface area (Å²) in [5.74, 6) is -0.357. The summed E-state index contributed by atoms with van der Waals surface area (Å²) >= 11 is 0. The van der Waals surface area contributed by atoms with Gasteiger partial charge < -0.3 is 19.5 Å². The number of para-hydroxylation sites is 2. The number of ether oxygens (including phenoxy) is 2. The van der Waals surface area contributed by atoms with Crippen molar-refractivity contribution in [3.63, 3.8) is 0 Å². The molecule has 142 valence electrons. The molecule has 7 heteroatoms. The number of benzene rings is 2. The number of methoxy groups -OCH3 is 2. The van der Waals surface area contributed by atoms with Crippen LogP contribution in [0.1, 0.15) is 11.6 Å². The maximum Gasteiger partial charge on any atom is 0.325 e. The molecule has 1 aliphatic rings. The molecule has 1 aliphatic heterocycles. The van der Waals surface area contributed by atoms with Crippen molar-refractivity contribution in [2.45, 2.75) is 6.04 Å². The molecular formula is C20H22N2O5. The molecule has 1 unspecified atom stereocenters. The molecule has 0 bridgehead atoms. The van der Waals surface area contributed by atoms with Crippen LogP contribution in [0.4, 0.5) is 5.69 Å². The van der Waals surface area contributed by atoms with Crippen LogP contribution in [0.3, 0.4) is 0 Å². The number of aliphatic carboxylic acids is 1. The molecule has 0 aromatic heterocycles. The summed E-state index contributed by atoms with van der Waals surface area (Å²) in [7, 11) is 2.97. The Kier molecular flexibility index (Phi) is 5.61. The highest BCUT2D eigenvalue weighted by Crippen LogP contribution is 2.37. The Morgan fingerprint density at radius 1 is 1.04 bits per heavy atom. The lowest BCUT2D eigenvalue weighted by Crippen LogP contribution is -2.52. The van der Waals surface area contributed by atoms with Crippen molar-refractivity contribution in [3.05, 3.63) is 54.1 Å². The summed E-state index contributed by atoms with van der Waals surface area (Å²) in [6, 6.07) is 13.5. The molecule has 1 fully saturated rings. The van der Waals surface area contributed by atoms with Crippen molar-refractivity contribution in [2.24, 2.45) is 0 Å². The highest BCUT2D eigenvalue weighted by Gasteiger charge is 2.36. The van der Waals surface area contributed by atoms with Crippen LogP contribution in [-0.2, 0) is 9.59 Å². The van der Waals surface area contributed by atoms with E-state index in [-0.39, 0.29) is 12.5 Å². The Bertz CT molecular complexity index is 824. The van der Waals surface area contributed by atoms with Crippen molar-refractivity contribution >= 4 is 17.6 Å². The number of carboxylic acids is 1. The van der Waals surface area contributed by atoms with Crippen LogP contribution in [0.2, 0.25) is 0 Å². The number of rotatable bonds is 6. The van der Waals surface area contributed by atoms with Gasteiger partial charge in [0.15, 0.2) is 11.5 Å². The number of carboxylic acid groups (broad SMARTS) is 1. The third-order valence-electron chi connectivity index (χ3n) is 4.65. The summed E-state index contributed by atoms with van der Waals surface area (Å²) < 4.78 is 10.7. The summed E-state index contributed by atoms with van der Waals surface area (Å²) in [5.41, 5.74) is 1.28. The zero-order valence-corrected chi connectivity index (χ0v) is 15.3. The maximum absolute atomic E-state index is 12.7. The van der Waals surface area contributed by atoms with E-state index in [0.29, 0.717) is 30.2 Å². The number of hydrogen-bond acceptors (Lipinski definition) is 5. The van der Waals surface area contributed by atoms with E-state index in [4.69, 9.17) is 9.47 Å². The first-order chi connectivity index (χ1) is 13.1. The van der Waals surface area contributed by atoms with Crippen LogP contribution in [-0.4, -0.2) is 55.7 Å². The molecule has 0 aliphatic carbocycles. The fraction of sp³-hybridized carbons (Fsp3) is 0.300. The molecule has 3 rings (SSSR count). The van der Waals surface area contributed by atoms with Gasteiger partial charge in [0.1, 0.15) is 6.04 Å². The molecule has 0 spiro atoms. The molecule has 0 saturated carbocycles. The standard InChI is InChI=1S/C20H22N2O5/c1-26-16-10-6-9-15(19(16)27-2)18(20(24)25)21-11-12-22(17(23)13-21)14-7-4-3-5-8-14/h3-10,18H,11-13H2,1-2H3,(H,24,25). The van der Waals surface area contributed by atoms with Gasteiger partial charge in [-0.1, -0.05) is 30.3 Å². The number of carbonyl (C=O) groups excluding carboxylic acids is 1. The zero-order valence-electron chi connectivity index (χ0n) is 15.3. The highest BCUT2D eigenvalue weighted by molar-refractivity contribution is 5.96. The number of hydrogen-bond donors (Lipinski definition) is 1. The van der Waals surface area contributed by atoms with Gasteiger partial charge in [-0.05, 0) is 18.2 Å². The maximum atomic E-state index is 12.7. The zero-order chi connectivity index (χ0) is 19.4. The number of carbonyl (C=O) groups is 2. The lowest BCUT2D eigenvalue weighted by atomic mass is 10.0. The van der Waals surface area contributed by atoms with Crippen LogP contribution in [0.15, 0.2) is 48.5 Å². The average Bonchev–Trinajstić information content (AvgIpc) is 2.68. The average molecular weight is 370 g/mol. The molecule has 2 aromatic rings. The van der Waals surface area contributed by atoms with E-state index in [1.165, 1.54) is 14.2 Å². The smallest absolute Gasteiger partial charge is 0.325 e. The van der Waals surface area contributed by atoms with Gasteiger partial charge >= 0.3 is 5.97 Å². The van der Waals surface area contributed by atoms with Crippen LogP contribution < -0.4 is 14.4 Å². The van der Waals surface area contributed by atoms with Gasteiger partial charge in [-0.25, -0.2) is 0 Å². The predicted molar refractivity (Wildman–Crippen MR) is 100 cm³/mol. The first-order valence-corrected chi connectivity index (χ1v) is 8.60. The molecule has 1 heterocycles. The van der Waals surface area contributed by atoms with E-state index in [1.807, 2.05) is 30.3 Å². The minimum atomic E-state index is -1.04. The van der Waals surface area contributed by atoms with Crippen molar-refractivity contribution in [1.82, 2.24) is 4.90 Å². The largest absolute Gasteiger partial charge is 0.493 e. The molecule has 0 radical (unpaired) electrons. The van der Waals surface area contributed by atoms with Gasteiger partial charge in [0.25, 0.3) is 0 Å². The molecule has 1 saturated heterocycles.